The second-order valence-electron chi connectivity index (χ2n) is 6.29. The highest BCUT2D eigenvalue weighted by Crippen LogP contribution is 2.30. The summed E-state index contributed by atoms with van der Waals surface area (Å²) in [6.45, 7) is 1.95. The molecule has 128 valence electrons. The number of carbonyl (C=O) groups is 1. The molecule has 2 aromatic heterocycles. The van der Waals surface area contributed by atoms with Crippen LogP contribution in [0.1, 0.15) is 19.3 Å². The predicted molar refractivity (Wildman–Crippen MR) is 92.6 cm³/mol. The molecular weight excluding hydrogens is 306 g/mol. The fraction of sp³-hybridized carbons (Fsp3) is 0.471. The topological polar surface area (TPSA) is 104 Å². The Morgan fingerprint density at radius 1 is 1.42 bits per heavy atom. The van der Waals surface area contributed by atoms with E-state index in [0.717, 1.165) is 23.1 Å². The quantitative estimate of drug-likeness (QED) is 0.710. The van der Waals surface area contributed by atoms with Crippen molar-refractivity contribution in [1.29, 1.82) is 0 Å². The Hall–Kier alpha value is -2.25. The van der Waals surface area contributed by atoms with Crippen molar-refractivity contribution in [1.82, 2.24) is 15.3 Å². The highest BCUT2D eigenvalue weighted by atomic mass is 16.3. The van der Waals surface area contributed by atoms with E-state index in [1.807, 2.05) is 12.1 Å². The van der Waals surface area contributed by atoms with E-state index < -0.39 is 5.60 Å². The van der Waals surface area contributed by atoms with Crippen LogP contribution in [0.15, 0.2) is 30.7 Å². The molecule has 1 aliphatic rings. The summed E-state index contributed by atoms with van der Waals surface area (Å²) in [4.78, 5) is 22.4. The van der Waals surface area contributed by atoms with Gasteiger partial charge in [0, 0.05) is 55.7 Å². The van der Waals surface area contributed by atoms with Gasteiger partial charge in [-0.1, -0.05) is 0 Å². The molecule has 0 spiro atoms. The number of aliphatic hydroxyl groups is 1. The average Bonchev–Trinajstić information content (AvgIpc) is 3.00. The maximum Gasteiger partial charge on any atom is 0.220 e. The maximum atomic E-state index is 11.7. The Labute approximate surface area is 140 Å². The largest absolute Gasteiger partial charge is 0.386 e. The summed E-state index contributed by atoms with van der Waals surface area (Å²) in [5.41, 5.74) is 6.38. The number of amides is 1. The molecule has 1 amide bonds. The lowest BCUT2D eigenvalue weighted by atomic mass is 10.0. The van der Waals surface area contributed by atoms with Crippen molar-refractivity contribution < 1.29 is 9.90 Å². The van der Waals surface area contributed by atoms with E-state index in [4.69, 9.17) is 5.73 Å². The Morgan fingerprint density at radius 3 is 3.12 bits per heavy atom. The Bertz CT molecular complexity index is 718. The molecule has 0 aromatic carbocycles. The lowest BCUT2D eigenvalue weighted by Crippen LogP contribution is -2.45. The third-order valence-electron chi connectivity index (χ3n) is 4.42. The fourth-order valence-electron chi connectivity index (χ4n) is 3.07. The Kier molecular flexibility index (Phi) is 4.92. The summed E-state index contributed by atoms with van der Waals surface area (Å²) in [6.07, 6.45) is 6.95. The van der Waals surface area contributed by atoms with Crippen LogP contribution in [0.3, 0.4) is 0 Å². The van der Waals surface area contributed by atoms with Crippen LogP contribution in [0, 0.1) is 0 Å². The van der Waals surface area contributed by atoms with E-state index in [1.165, 1.54) is 0 Å². The number of fused-ring (bicyclic) bond motifs is 1. The zero-order chi connectivity index (χ0) is 17.0. The molecule has 3 rings (SSSR count). The summed E-state index contributed by atoms with van der Waals surface area (Å²) in [5.74, 6) is -0.0640. The number of nitrogens with zero attached hydrogens (tertiary/aromatic N) is 3. The van der Waals surface area contributed by atoms with Gasteiger partial charge >= 0.3 is 0 Å². The molecule has 1 atom stereocenters. The second kappa shape index (κ2) is 7.11. The zero-order valence-corrected chi connectivity index (χ0v) is 13.6. The minimum atomic E-state index is -0.920. The number of hydrogen-bond acceptors (Lipinski definition) is 6. The zero-order valence-electron chi connectivity index (χ0n) is 13.6. The van der Waals surface area contributed by atoms with E-state index in [-0.39, 0.29) is 12.5 Å². The summed E-state index contributed by atoms with van der Waals surface area (Å²) in [7, 11) is 0. The fourth-order valence-corrected chi connectivity index (χ4v) is 3.07. The molecule has 0 saturated carbocycles. The summed E-state index contributed by atoms with van der Waals surface area (Å²) < 4.78 is 0. The van der Waals surface area contributed by atoms with Gasteiger partial charge in [-0.3, -0.25) is 14.8 Å². The second-order valence-corrected chi connectivity index (χ2v) is 6.29. The molecule has 2 aromatic rings. The standard InChI is InChI=1S/C17H23N5O2/c18-6-1-2-16(23)21-11-17(24)5-9-22(12-17)15-4-8-20-14-3-7-19-10-13(14)15/h3-4,7-8,10,24H,1-2,5-6,9,11-12,18H2,(H,21,23)/t17-/m0/s1. The third kappa shape index (κ3) is 3.63. The average molecular weight is 329 g/mol. The van der Waals surface area contributed by atoms with Crippen LogP contribution >= 0.6 is 0 Å². The van der Waals surface area contributed by atoms with E-state index >= 15 is 0 Å². The van der Waals surface area contributed by atoms with E-state index in [9.17, 15) is 9.90 Å². The van der Waals surface area contributed by atoms with Crippen molar-refractivity contribution in [2.75, 3.05) is 31.1 Å². The highest BCUT2D eigenvalue weighted by Gasteiger charge is 2.36. The van der Waals surface area contributed by atoms with Gasteiger partial charge in [-0.15, -0.1) is 0 Å². The van der Waals surface area contributed by atoms with Gasteiger partial charge in [0.1, 0.15) is 5.60 Å². The smallest absolute Gasteiger partial charge is 0.220 e. The first-order chi connectivity index (χ1) is 11.6. The Balaban J connectivity index is 1.67. The van der Waals surface area contributed by atoms with E-state index in [1.54, 1.807) is 18.6 Å². The molecule has 1 aliphatic heterocycles. The lowest BCUT2D eigenvalue weighted by Gasteiger charge is -2.25. The van der Waals surface area contributed by atoms with Crippen LogP contribution in [0.4, 0.5) is 5.69 Å². The third-order valence-corrected chi connectivity index (χ3v) is 4.42. The van der Waals surface area contributed by atoms with Crippen LogP contribution in [0.5, 0.6) is 0 Å². The number of carbonyl (C=O) groups excluding carboxylic acids is 1. The first kappa shape index (κ1) is 16.6. The van der Waals surface area contributed by atoms with Crippen molar-refractivity contribution in [3.8, 4) is 0 Å². The van der Waals surface area contributed by atoms with Gasteiger partial charge in [0.2, 0.25) is 5.91 Å². The van der Waals surface area contributed by atoms with Gasteiger partial charge in [0.25, 0.3) is 0 Å². The number of nitrogens with one attached hydrogen (secondary N) is 1. The molecule has 1 fully saturated rings. The number of hydrogen-bond donors (Lipinski definition) is 3. The van der Waals surface area contributed by atoms with Gasteiger partial charge in [-0.2, -0.15) is 0 Å². The first-order valence-electron chi connectivity index (χ1n) is 8.24. The number of nitrogens with two attached hydrogens (primary N) is 1. The SMILES string of the molecule is NCCCC(=O)NC[C@@]1(O)CCN(c2ccnc3ccncc23)C1. The molecule has 0 unspecified atom stereocenters. The minimum Gasteiger partial charge on any atom is -0.386 e. The number of pyridine rings is 2. The lowest BCUT2D eigenvalue weighted by molar-refractivity contribution is -0.122. The van der Waals surface area contributed by atoms with Crippen LogP contribution < -0.4 is 16.0 Å². The van der Waals surface area contributed by atoms with Crippen LogP contribution in [-0.2, 0) is 4.79 Å². The summed E-state index contributed by atoms with van der Waals surface area (Å²) in [5, 5.41) is 14.5. The van der Waals surface area contributed by atoms with Crippen LogP contribution in [-0.4, -0.2) is 52.8 Å². The molecule has 0 radical (unpaired) electrons. The number of anilines is 1. The summed E-state index contributed by atoms with van der Waals surface area (Å²) in [6, 6.07) is 3.81. The van der Waals surface area contributed by atoms with Crippen molar-refractivity contribution in [2.45, 2.75) is 24.9 Å². The molecule has 3 heterocycles. The van der Waals surface area contributed by atoms with Crippen molar-refractivity contribution in [2.24, 2.45) is 5.73 Å². The number of β-amino-alcohol motifs (C(OH)–C–C–N with tert-alkyl or cyclic N) is 1. The molecule has 1 saturated heterocycles. The van der Waals surface area contributed by atoms with Crippen molar-refractivity contribution in [3.63, 3.8) is 0 Å². The van der Waals surface area contributed by atoms with E-state index in [0.29, 0.717) is 32.4 Å². The van der Waals surface area contributed by atoms with Gasteiger partial charge < -0.3 is 21.1 Å². The maximum absolute atomic E-state index is 11.7. The van der Waals surface area contributed by atoms with Gasteiger partial charge in [0.15, 0.2) is 0 Å². The number of aromatic nitrogens is 2. The van der Waals surface area contributed by atoms with Gasteiger partial charge in [0.05, 0.1) is 5.52 Å². The van der Waals surface area contributed by atoms with Crippen molar-refractivity contribution in [3.05, 3.63) is 30.7 Å². The summed E-state index contributed by atoms with van der Waals surface area (Å²) >= 11 is 0. The molecular formula is C17H23N5O2. The monoisotopic (exact) mass is 329 g/mol. The van der Waals surface area contributed by atoms with Gasteiger partial charge in [-0.25, -0.2) is 0 Å². The van der Waals surface area contributed by atoms with E-state index in [2.05, 4.69) is 20.2 Å². The molecule has 7 heteroatoms. The van der Waals surface area contributed by atoms with Crippen molar-refractivity contribution >= 4 is 22.5 Å². The predicted octanol–water partition coefficient (Wildman–Crippen LogP) is 0.426. The van der Waals surface area contributed by atoms with Crippen LogP contribution in [0.25, 0.3) is 10.9 Å². The first-order valence-corrected chi connectivity index (χ1v) is 8.24. The van der Waals surface area contributed by atoms with Gasteiger partial charge in [-0.05, 0) is 31.5 Å². The van der Waals surface area contributed by atoms with Crippen LogP contribution in [0.2, 0.25) is 0 Å². The number of rotatable bonds is 6. The highest BCUT2D eigenvalue weighted by molar-refractivity contribution is 5.90. The minimum absolute atomic E-state index is 0.0640. The Morgan fingerprint density at radius 2 is 2.29 bits per heavy atom. The molecule has 24 heavy (non-hydrogen) atoms. The molecule has 0 bridgehead atoms. The molecule has 4 N–H and O–H groups in total. The molecule has 7 nitrogen and oxygen atoms in total. The normalized spacial score (nSPS) is 20.5. The molecule has 0 aliphatic carbocycles.